The van der Waals surface area contributed by atoms with Crippen LogP contribution in [0.2, 0.25) is 0 Å². The lowest BCUT2D eigenvalue weighted by Crippen LogP contribution is -2.45. The van der Waals surface area contributed by atoms with E-state index in [1.54, 1.807) is 0 Å². The number of hydrogen-bond donors (Lipinski definition) is 1. The number of hydrogen-bond acceptors (Lipinski definition) is 4. The number of rotatable bonds is 5. The van der Waals surface area contributed by atoms with Crippen molar-refractivity contribution in [2.24, 2.45) is 0 Å². The van der Waals surface area contributed by atoms with Gasteiger partial charge in [-0.2, -0.15) is 0 Å². The molecule has 0 spiro atoms. The molecule has 2 heterocycles. The number of nitrogens with zero attached hydrogens (tertiary/aromatic N) is 2. The maximum absolute atomic E-state index is 5.37. The van der Waals surface area contributed by atoms with Gasteiger partial charge in [0.05, 0.1) is 18.5 Å². The number of piperidine rings is 1. The molecule has 1 saturated heterocycles. The average molecular weight is 249 g/mol. The molecule has 1 atom stereocenters. The summed E-state index contributed by atoms with van der Waals surface area (Å²) in [5, 5.41) is 3.53. The molecule has 0 bridgehead atoms. The highest BCUT2D eigenvalue weighted by Crippen LogP contribution is 2.20. The van der Waals surface area contributed by atoms with Crippen LogP contribution < -0.4 is 15.0 Å². The molecule has 1 aromatic heterocycles. The number of likely N-dealkylation sites (N-methyl/N-ethyl adjacent to an activating group) is 1. The summed E-state index contributed by atoms with van der Waals surface area (Å²) >= 11 is 0. The van der Waals surface area contributed by atoms with Gasteiger partial charge in [-0.1, -0.05) is 6.92 Å². The Bertz CT molecular complexity index is 351. The molecule has 0 aliphatic carbocycles. The molecule has 1 fully saturated rings. The highest BCUT2D eigenvalue weighted by Gasteiger charge is 2.19. The van der Waals surface area contributed by atoms with Crippen molar-refractivity contribution in [2.45, 2.75) is 32.7 Å². The Morgan fingerprint density at radius 1 is 1.44 bits per heavy atom. The quantitative estimate of drug-likeness (QED) is 0.866. The number of ether oxygens (including phenoxy) is 1. The van der Waals surface area contributed by atoms with Gasteiger partial charge >= 0.3 is 0 Å². The maximum atomic E-state index is 5.37. The first-order chi connectivity index (χ1) is 8.83. The Kier molecular flexibility index (Phi) is 4.81. The van der Waals surface area contributed by atoms with Crippen LogP contribution in [0.3, 0.4) is 0 Å². The topological polar surface area (TPSA) is 37.4 Å². The molecule has 4 heteroatoms. The van der Waals surface area contributed by atoms with Gasteiger partial charge in [-0.15, -0.1) is 0 Å². The van der Waals surface area contributed by atoms with Crippen molar-refractivity contribution in [1.82, 2.24) is 10.3 Å². The molecule has 1 aliphatic rings. The van der Waals surface area contributed by atoms with Gasteiger partial charge in [0.25, 0.3) is 0 Å². The van der Waals surface area contributed by atoms with Crippen molar-refractivity contribution < 1.29 is 4.74 Å². The van der Waals surface area contributed by atoms with E-state index in [-0.39, 0.29) is 0 Å². The van der Waals surface area contributed by atoms with Crippen LogP contribution in [-0.4, -0.2) is 37.3 Å². The summed E-state index contributed by atoms with van der Waals surface area (Å²) in [7, 11) is 0. The van der Waals surface area contributed by atoms with Crippen LogP contribution in [0, 0.1) is 0 Å². The molecule has 0 amide bonds. The molecular formula is C14H23N3O. The van der Waals surface area contributed by atoms with Crippen LogP contribution in [0.4, 0.5) is 5.69 Å². The second-order valence-electron chi connectivity index (χ2n) is 4.63. The first-order valence-corrected chi connectivity index (χ1v) is 6.90. The Hall–Kier alpha value is -1.29. The van der Waals surface area contributed by atoms with E-state index in [9.17, 15) is 0 Å². The van der Waals surface area contributed by atoms with Gasteiger partial charge in [-0.05, 0) is 32.4 Å². The zero-order chi connectivity index (χ0) is 12.8. The normalized spacial score (nSPS) is 19.9. The standard InChI is InChI=1S/C14H23N3O/c1-3-15-12-6-5-9-17(11-12)13-7-8-14(16-10-13)18-4-2/h7-8,10,12,15H,3-6,9,11H2,1-2H3. The molecule has 4 nitrogen and oxygen atoms in total. The largest absolute Gasteiger partial charge is 0.478 e. The molecule has 2 rings (SSSR count). The van der Waals surface area contributed by atoms with Crippen LogP contribution in [0.25, 0.3) is 0 Å². The minimum Gasteiger partial charge on any atom is -0.478 e. The van der Waals surface area contributed by atoms with Crippen LogP contribution in [0.1, 0.15) is 26.7 Å². The second kappa shape index (κ2) is 6.59. The van der Waals surface area contributed by atoms with Gasteiger partial charge < -0.3 is 15.0 Å². The molecule has 1 aliphatic heterocycles. The van der Waals surface area contributed by atoms with Crippen molar-refractivity contribution in [3.05, 3.63) is 18.3 Å². The van der Waals surface area contributed by atoms with E-state index < -0.39 is 0 Å². The Balaban J connectivity index is 1.97. The Labute approximate surface area is 109 Å². The third kappa shape index (κ3) is 3.35. The van der Waals surface area contributed by atoms with Crippen LogP contribution in [0.15, 0.2) is 18.3 Å². The van der Waals surface area contributed by atoms with Gasteiger partial charge in [0, 0.05) is 25.2 Å². The lowest BCUT2D eigenvalue weighted by atomic mass is 10.1. The van der Waals surface area contributed by atoms with E-state index in [4.69, 9.17) is 4.74 Å². The number of nitrogens with one attached hydrogen (secondary N) is 1. The summed E-state index contributed by atoms with van der Waals surface area (Å²) in [4.78, 5) is 6.73. The summed E-state index contributed by atoms with van der Waals surface area (Å²) in [6.07, 6.45) is 4.43. The van der Waals surface area contributed by atoms with E-state index in [0.717, 1.165) is 19.6 Å². The number of pyridine rings is 1. The van der Waals surface area contributed by atoms with E-state index in [0.29, 0.717) is 18.5 Å². The monoisotopic (exact) mass is 249 g/mol. The van der Waals surface area contributed by atoms with Crippen molar-refractivity contribution in [3.8, 4) is 5.88 Å². The zero-order valence-electron chi connectivity index (χ0n) is 11.4. The lowest BCUT2D eigenvalue weighted by Gasteiger charge is -2.34. The minimum absolute atomic E-state index is 0.607. The maximum Gasteiger partial charge on any atom is 0.213 e. The second-order valence-corrected chi connectivity index (χ2v) is 4.63. The zero-order valence-corrected chi connectivity index (χ0v) is 11.4. The van der Waals surface area contributed by atoms with E-state index in [2.05, 4.69) is 28.2 Å². The van der Waals surface area contributed by atoms with Crippen molar-refractivity contribution >= 4 is 5.69 Å². The van der Waals surface area contributed by atoms with Gasteiger partial charge in [0.15, 0.2) is 0 Å². The highest BCUT2D eigenvalue weighted by atomic mass is 16.5. The van der Waals surface area contributed by atoms with Crippen LogP contribution in [-0.2, 0) is 0 Å². The summed E-state index contributed by atoms with van der Waals surface area (Å²) in [6.45, 7) is 8.04. The minimum atomic E-state index is 0.607. The molecule has 0 aromatic carbocycles. The third-order valence-corrected chi connectivity index (χ3v) is 3.29. The van der Waals surface area contributed by atoms with E-state index >= 15 is 0 Å². The number of aromatic nitrogens is 1. The van der Waals surface area contributed by atoms with Crippen molar-refractivity contribution in [2.75, 3.05) is 31.1 Å². The molecule has 1 N–H and O–H groups in total. The van der Waals surface area contributed by atoms with Gasteiger partial charge in [0.1, 0.15) is 0 Å². The molecule has 1 aromatic rings. The molecule has 100 valence electrons. The molecule has 0 radical (unpaired) electrons. The molecule has 1 unspecified atom stereocenters. The smallest absolute Gasteiger partial charge is 0.213 e. The first kappa shape index (κ1) is 13.1. The third-order valence-electron chi connectivity index (χ3n) is 3.29. The van der Waals surface area contributed by atoms with Gasteiger partial charge in [-0.3, -0.25) is 0 Å². The Morgan fingerprint density at radius 2 is 2.33 bits per heavy atom. The molecular weight excluding hydrogens is 226 g/mol. The fourth-order valence-corrected chi connectivity index (χ4v) is 2.46. The predicted octanol–water partition coefficient (Wildman–Crippen LogP) is 2.06. The lowest BCUT2D eigenvalue weighted by molar-refractivity contribution is 0.327. The van der Waals surface area contributed by atoms with Crippen LogP contribution in [0.5, 0.6) is 5.88 Å². The van der Waals surface area contributed by atoms with Crippen LogP contribution >= 0.6 is 0 Å². The van der Waals surface area contributed by atoms with Crippen molar-refractivity contribution in [1.29, 1.82) is 0 Å². The average Bonchev–Trinajstić information content (AvgIpc) is 2.41. The fraction of sp³-hybridized carbons (Fsp3) is 0.643. The van der Waals surface area contributed by atoms with Gasteiger partial charge in [-0.25, -0.2) is 4.98 Å². The SMILES string of the molecule is CCNC1CCCN(c2ccc(OCC)nc2)C1. The fourth-order valence-electron chi connectivity index (χ4n) is 2.46. The summed E-state index contributed by atoms with van der Waals surface area (Å²) in [5.74, 6) is 0.710. The Morgan fingerprint density at radius 3 is 3.00 bits per heavy atom. The molecule has 18 heavy (non-hydrogen) atoms. The summed E-state index contributed by atoms with van der Waals surface area (Å²) in [6, 6.07) is 4.66. The first-order valence-electron chi connectivity index (χ1n) is 6.90. The van der Waals surface area contributed by atoms with E-state index in [1.807, 2.05) is 19.2 Å². The molecule has 0 saturated carbocycles. The summed E-state index contributed by atoms with van der Waals surface area (Å²) in [5.41, 5.74) is 1.20. The van der Waals surface area contributed by atoms with Crippen molar-refractivity contribution in [3.63, 3.8) is 0 Å². The van der Waals surface area contributed by atoms with Gasteiger partial charge in [0.2, 0.25) is 5.88 Å². The highest BCUT2D eigenvalue weighted by molar-refractivity contribution is 5.46. The van der Waals surface area contributed by atoms with E-state index in [1.165, 1.54) is 18.5 Å². The summed E-state index contributed by atoms with van der Waals surface area (Å²) < 4.78 is 5.37. The number of anilines is 1. The predicted molar refractivity (Wildman–Crippen MR) is 74.3 cm³/mol.